The molecule has 4 heteroatoms. The van der Waals surface area contributed by atoms with Crippen molar-refractivity contribution in [3.8, 4) is 11.5 Å². The normalized spacial score (nSPS) is 12.6. The molecule has 1 N–H and O–H groups in total. The molecule has 1 aromatic carbocycles. The molecule has 0 aliphatic carbocycles. The van der Waals surface area contributed by atoms with E-state index in [0.717, 1.165) is 22.3 Å². The number of fused-ring (bicyclic) bond motifs is 3. The summed E-state index contributed by atoms with van der Waals surface area (Å²) in [5.41, 5.74) is 0. The molecule has 1 aromatic heterocycles. The number of benzene rings is 1. The number of pyridine rings is 1. The molecule has 14 heavy (non-hydrogen) atoms. The Morgan fingerprint density at radius 1 is 1.14 bits per heavy atom. The molecule has 0 saturated carbocycles. The van der Waals surface area contributed by atoms with Crippen LogP contribution in [0.2, 0.25) is 0 Å². The van der Waals surface area contributed by atoms with Gasteiger partial charge < -0.3 is 21.9 Å². The zero-order valence-corrected chi connectivity index (χ0v) is 8.04. The largest absolute Gasteiger partial charge is 1.00 e. The van der Waals surface area contributed by atoms with Crippen LogP contribution in [0.4, 0.5) is 0 Å². The van der Waals surface area contributed by atoms with Crippen LogP contribution < -0.4 is 26.9 Å². The van der Waals surface area contributed by atoms with Gasteiger partial charge in [0, 0.05) is 6.07 Å². The van der Waals surface area contributed by atoms with E-state index in [1.54, 1.807) is 0 Å². The van der Waals surface area contributed by atoms with Crippen LogP contribution in [0.5, 0.6) is 11.5 Å². The van der Waals surface area contributed by atoms with Crippen molar-refractivity contribution in [3.05, 3.63) is 30.6 Å². The highest BCUT2D eigenvalue weighted by Gasteiger charge is 2.17. The van der Waals surface area contributed by atoms with E-state index in [0.29, 0.717) is 6.79 Å². The minimum absolute atomic E-state index is 0. The van der Waals surface area contributed by atoms with Crippen LogP contribution in [0, 0.1) is 0 Å². The van der Waals surface area contributed by atoms with Crippen LogP contribution in [0.15, 0.2) is 30.6 Å². The maximum absolute atomic E-state index is 5.37. The first-order valence-corrected chi connectivity index (χ1v) is 4.13. The third kappa shape index (κ3) is 1.17. The molecule has 1 aliphatic rings. The molecule has 0 radical (unpaired) electrons. The molecule has 0 atom stereocenters. The van der Waals surface area contributed by atoms with Gasteiger partial charge in [0.2, 0.25) is 6.79 Å². The highest BCUT2D eigenvalue weighted by molar-refractivity contribution is 5.89. The lowest BCUT2D eigenvalue weighted by Gasteiger charge is -1.97. The van der Waals surface area contributed by atoms with Gasteiger partial charge in [-0.1, -0.05) is 0 Å². The van der Waals surface area contributed by atoms with Crippen LogP contribution in [0.3, 0.4) is 0 Å². The summed E-state index contributed by atoms with van der Waals surface area (Å²) in [4.78, 5) is 3.03. The Hall–Kier alpha value is -1.48. The first-order valence-electron chi connectivity index (χ1n) is 4.13. The number of aromatic amines is 1. The lowest BCUT2D eigenvalue weighted by atomic mass is 10.1. The van der Waals surface area contributed by atoms with E-state index in [2.05, 4.69) is 4.98 Å². The third-order valence-corrected chi connectivity index (χ3v) is 2.20. The number of rotatable bonds is 0. The van der Waals surface area contributed by atoms with Crippen LogP contribution >= 0.6 is 0 Å². The average molecular weight is 210 g/mol. The van der Waals surface area contributed by atoms with Crippen LogP contribution in [0.1, 0.15) is 0 Å². The zero-order chi connectivity index (χ0) is 8.67. The van der Waals surface area contributed by atoms with Gasteiger partial charge in [-0.25, -0.2) is 4.98 Å². The van der Waals surface area contributed by atoms with Gasteiger partial charge in [-0.2, -0.15) is 0 Å². The van der Waals surface area contributed by atoms with Gasteiger partial charge in [0.25, 0.3) is 0 Å². The minimum atomic E-state index is 0. The summed E-state index contributed by atoms with van der Waals surface area (Å²) in [7, 11) is 0. The summed E-state index contributed by atoms with van der Waals surface area (Å²) in [5.74, 6) is 1.67. The Labute approximate surface area is 87.1 Å². The minimum Gasteiger partial charge on any atom is -1.00 e. The van der Waals surface area contributed by atoms with Gasteiger partial charge in [0.05, 0.1) is 5.39 Å². The summed E-state index contributed by atoms with van der Waals surface area (Å²) in [5, 5.41) is 2.22. The maximum atomic E-state index is 5.37. The molecular formula is C10H8ClNO2. The van der Waals surface area contributed by atoms with E-state index in [1.807, 2.05) is 30.6 Å². The topological polar surface area (TPSA) is 32.6 Å². The number of H-pyrrole nitrogens is 1. The molecule has 0 saturated heterocycles. The lowest BCUT2D eigenvalue weighted by Crippen LogP contribution is -3.00. The lowest BCUT2D eigenvalue weighted by molar-refractivity contribution is -0.375. The van der Waals surface area contributed by atoms with Crippen molar-refractivity contribution in [2.45, 2.75) is 0 Å². The van der Waals surface area contributed by atoms with Gasteiger partial charge in [-0.05, 0) is 17.5 Å². The van der Waals surface area contributed by atoms with Gasteiger partial charge >= 0.3 is 0 Å². The van der Waals surface area contributed by atoms with Gasteiger partial charge in [-0.15, -0.1) is 0 Å². The summed E-state index contributed by atoms with van der Waals surface area (Å²) in [6.45, 7) is 0.323. The fourth-order valence-electron chi connectivity index (χ4n) is 1.57. The SMILES string of the molecule is [Cl-].c1cc2ccc3c(c2c[nH+]1)OCO3. The van der Waals surface area contributed by atoms with Crippen molar-refractivity contribution in [1.82, 2.24) is 0 Å². The number of nitrogens with one attached hydrogen (secondary N) is 1. The second-order valence-electron chi connectivity index (χ2n) is 2.95. The monoisotopic (exact) mass is 209 g/mol. The average Bonchev–Trinajstić information content (AvgIpc) is 2.65. The Kier molecular flexibility index (Phi) is 2.17. The Morgan fingerprint density at radius 2 is 2.07 bits per heavy atom. The molecule has 2 aromatic rings. The fraction of sp³-hybridized carbons (Fsp3) is 0.100. The van der Waals surface area contributed by atoms with E-state index in [4.69, 9.17) is 9.47 Å². The molecule has 2 heterocycles. The first-order chi connectivity index (χ1) is 6.45. The summed E-state index contributed by atoms with van der Waals surface area (Å²) in [6, 6.07) is 5.97. The number of halogens is 1. The number of ether oxygens (including phenoxy) is 2. The van der Waals surface area contributed by atoms with Gasteiger partial charge in [0.15, 0.2) is 23.9 Å². The van der Waals surface area contributed by atoms with E-state index < -0.39 is 0 Å². The van der Waals surface area contributed by atoms with E-state index >= 15 is 0 Å². The second-order valence-corrected chi connectivity index (χ2v) is 2.95. The van der Waals surface area contributed by atoms with Crippen molar-refractivity contribution >= 4 is 10.8 Å². The van der Waals surface area contributed by atoms with E-state index in [9.17, 15) is 0 Å². The zero-order valence-electron chi connectivity index (χ0n) is 7.29. The standard InChI is InChI=1S/C10H7NO2.ClH/c1-2-9-10(13-6-12-9)8-5-11-4-3-7(1)8;/h1-5H,6H2;1H. The number of hydrogen-bond donors (Lipinski definition) is 0. The quantitative estimate of drug-likeness (QED) is 0.523. The Bertz CT molecular complexity index is 473. The molecule has 0 bridgehead atoms. The summed E-state index contributed by atoms with van der Waals surface area (Å²) >= 11 is 0. The van der Waals surface area contributed by atoms with Crippen molar-refractivity contribution < 1.29 is 26.9 Å². The summed E-state index contributed by atoms with van der Waals surface area (Å²) < 4.78 is 10.6. The second kappa shape index (κ2) is 3.35. The van der Waals surface area contributed by atoms with Crippen LogP contribution in [-0.2, 0) is 0 Å². The molecule has 0 spiro atoms. The van der Waals surface area contributed by atoms with E-state index in [-0.39, 0.29) is 12.4 Å². The highest BCUT2D eigenvalue weighted by atomic mass is 35.5. The van der Waals surface area contributed by atoms with Crippen molar-refractivity contribution in [2.24, 2.45) is 0 Å². The predicted octanol–water partition coefficient (Wildman–Crippen LogP) is -1.61. The molecule has 0 amide bonds. The van der Waals surface area contributed by atoms with Crippen LogP contribution in [0.25, 0.3) is 10.8 Å². The fourth-order valence-corrected chi connectivity index (χ4v) is 1.57. The number of hydrogen-bond acceptors (Lipinski definition) is 2. The molecule has 1 aliphatic heterocycles. The highest BCUT2D eigenvalue weighted by Crippen LogP contribution is 2.37. The van der Waals surface area contributed by atoms with Gasteiger partial charge in [-0.3, -0.25) is 0 Å². The van der Waals surface area contributed by atoms with Gasteiger partial charge in [0.1, 0.15) is 0 Å². The Balaban J connectivity index is 0.000000750. The van der Waals surface area contributed by atoms with E-state index in [1.165, 1.54) is 0 Å². The molecular weight excluding hydrogens is 202 g/mol. The molecule has 3 nitrogen and oxygen atoms in total. The molecule has 72 valence electrons. The van der Waals surface area contributed by atoms with Crippen LogP contribution in [-0.4, -0.2) is 6.79 Å². The first kappa shape index (κ1) is 9.09. The predicted molar refractivity (Wildman–Crippen MR) is 46.6 cm³/mol. The van der Waals surface area contributed by atoms with Crippen molar-refractivity contribution in [3.63, 3.8) is 0 Å². The maximum Gasteiger partial charge on any atom is 0.231 e. The summed E-state index contributed by atoms with van der Waals surface area (Å²) in [6.07, 6.45) is 3.81. The number of aromatic nitrogens is 1. The van der Waals surface area contributed by atoms with Crippen molar-refractivity contribution in [1.29, 1.82) is 0 Å². The Morgan fingerprint density at radius 3 is 3.00 bits per heavy atom. The molecule has 0 unspecified atom stereocenters. The molecule has 0 fully saturated rings. The molecule has 3 rings (SSSR count). The smallest absolute Gasteiger partial charge is 0.231 e. The van der Waals surface area contributed by atoms with Crippen molar-refractivity contribution in [2.75, 3.05) is 6.79 Å². The third-order valence-electron chi connectivity index (χ3n) is 2.20.